The summed E-state index contributed by atoms with van der Waals surface area (Å²) < 4.78 is 0.738. The maximum Gasteiger partial charge on any atom is 0.270 e. The Bertz CT molecular complexity index is 380. The molecule has 2 N–H and O–H groups in total. The van der Waals surface area contributed by atoms with E-state index in [1.165, 1.54) is 12.1 Å². The number of non-ortho nitro benzene ring substituents is 1. The molecular weight excluding hydrogens is 260 g/mol. The fourth-order valence-corrected chi connectivity index (χ4v) is 2.01. The molecule has 0 spiro atoms. The molecule has 15 heavy (non-hydrogen) atoms. The van der Waals surface area contributed by atoms with Crippen molar-refractivity contribution in [1.29, 1.82) is 0 Å². The Morgan fingerprint density at radius 2 is 2.07 bits per heavy atom. The van der Waals surface area contributed by atoms with Crippen LogP contribution >= 0.6 is 15.9 Å². The fraction of sp³-hybridized carbons (Fsp3) is 0.400. The van der Waals surface area contributed by atoms with Crippen molar-refractivity contribution in [2.24, 2.45) is 5.73 Å². The lowest BCUT2D eigenvalue weighted by Gasteiger charge is -2.17. The summed E-state index contributed by atoms with van der Waals surface area (Å²) in [5.74, 6) is 0.167. The van der Waals surface area contributed by atoms with Gasteiger partial charge in [-0.05, 0) is 18.4 Å². The van der Waals surface area contributed by atoms with Crippen molar-refractivity contribution in [2.45, 2.75) is 25.8 Å². The topological polar surface area (TPSA) is 69.2 Å². The van der Waals surface area contributed by atoms with Crippen LogP contribution in [0.5, 0.6) is 0 Å². The molecule has 0 saturated carbocycles. The molecule has 82 valence electrons. The van der Waals surface area contributed by atoms with Crippen LogP contribution in [0, 0.1) is 10.1 Å². The number of hydrogen-bond donors (Lipinski definition) is 1. The summed E-state index contributed by atoms with van der Waals surface area (Å²) in [6.07, 6.45) is 0. The Balaban J connectivity index is 3.08. The van der Waals surface area contributed by atoms with E-state index < -0.39 is 4.92 Å². The predicted octanol–water partition coefficient (Wildman–Crippen LogP) is 2.81. The summed E-state index contributed by atoms with van der Waals surface area (Å²) in [6, 6.07) is 4.77. The van der Waals surface area contributed by atoms with Gasteiger partial charge in [0, 0.05) is 22.6 Å². The number of nitrogens with two attached hydrogens (primary N) is 1. The highest BCUT2D eigenvalue weighted by atomic mass is 79.9. The third-order valence-corrected chi connectivity index (χ3v) is 3.16. The highest BCUT2D eigenvalue weighted by Gasteiger charge is 2.16. The summed E-state index contributed by atoms with van der Waals surface area (Å²) >= 11 is 3.32. The van der Waals surface area contributed by atoms with Gasteiger partial charge in [0.15, 0.2) is 0 Å². The zero-order chi connectivity index (χ0) is 11.6. The van der Waals surface area contributed by atoms with Crippen molar-refractivity contribution in [2.75, 3.05) is 0 Å². The maximum atomic E-state index is 10.5. The number of halogens is 1. The first-order chi connectivity index (χ1) is 6.93. The van der Waals surface area contributed by atoms with Gasteiger partial charge in [-0.2, -0.15) is 0 Å². The number of rotatable bonds is 3. The molecule has 0 radical (unpaired) electrons. The third kappa shape index (κ3) is 2.76. The second kappa shape index (κ2) is 4.72. The Kier molecular flexibility index (Phi) is 3.82. The standard InChI is InChI=1S/C10H13BrN2O2/c1-6(7(2)12)9-4-3-8(13(14)15)5-10(9)11/h3-7H,12H2,1-2H3. The van der Waals surface area contributed by atoms with Crippen molar-refractivity contribution < 1.29 is 4.92 Å². The van der Waals surface area contributed by atoms with Crippen LogP contribution < -0.4 is 5.73 Å². The summed E-state index contributed by atoms with van der Waals surface area (Å²) in [4.78, 5) is 10.1. The minimum atomic E-state index is -0.412. The van der Waals surface area contributed by atoms with Crippen molar-refractivity contribution in [3.63, 3.8) is 0 Å². The third-order valence-electron chi connectivity index (χ3n) is 2.47. The Morgan fingerprint density at radius 1 is 1.47 bits per heavy atom. The molecule has 0 amide bonds. The second-order valence-electron chi connectivity index (χ2n) is 3.61. The number of nitrogens with zero attached hydrogens (tertiary/aromatic N) is 1. The molecule has 0 fully saturated rings. The number of nitro benzene ring substituents is 1. The van der Waals surface area contributed by atoms with E-state index in [4.69, 9.17) is 5.73 Å². The highest BCUT2D eigenvalue weighted by Crippen LogP contribution is 2.29. The van der Waals surface area contributed by atoms with Gasteiger partial charge < -0.3 is 5.73 Å². The first-order valence-corrected chi connectivity index (χ1v) is 5.42. The second-order valence-corrected chi connectivity index (χ2v) is 4.47. The maximum absolute atomic E-state index is 10.5. The lowest BCUT2D eigenvalue weighted by atomic mass is 9.95. The number of nitro groups is 1. The average molecular weight is 273 g/mol. The first-order valence-electron chi connectivity index (χ1n) is 4.63. The van der Waals surface area contributed by atoms with Gasteiger partial charge in [-0.1, -0.05) is 28.9 Å². The Morgan fingerprint density at radius 3 is 2.47 bits per heavy atom. The molecule has 2 atom stereocenters. The first kappa shape index (κ1) is 12.1. The number of benzene rings is 1. The van der Waals surface area contributed by atoms with Gasteiger partial charge in [-0.15, -0.1) is 0 Å². The molecule has 0 saturated heterocycles. The van der Waals surface area contributed by atoms with Gasteiger partial charge in [0.05, 0.1) is 4.92 Å². The van der Waals surface area contributed by atoms with E-state index in [9.17, 15) is 10.1 Å². The molecule has 1 aromatic carbocycles. The van der Waals surface area contributed by atoms with Crippen LogP contribution in [0.1, 0.15) is 25.3 Å². The van der Waals surface area contributed by atoms with Crippen LogP contribution in [-0.2, 0) is 0 Å². The van der Waals surface area contributed by atoms with E-state index in [1.807, 2.05) is 13.8 Å². The molecule has 1 aromatic rings. The van der Waals surface area contributed by atoms with Gasteiger partial charge >= 0.3 is 0 Å². The molecule has 0 aliphatic carbocycles. The normalized spacial score (nSPS) is 14.7. The zero-order valence-corrected chi connectivity index (χ0v) is 10.2. The van der Waals surface area contributed by atoms with Crippen LogP contribution in [0.15, 0.2) is 22.7 Å². The van der Waals surface area contributed by atoms with Crippen molar-refractivity contribution in [3.8, 4) is 0 Å². The monoisotopic (exact) mass is 272 g/mol. The SMILES string of the molecule is CC(N)C(C)c1ccc([N+](=O)[O-])cc1Br. The summed E-state index contributed by atoms with van der Waals surface area (Å²) in [5, 5.41) is 10.5. The van der Waals surface area contributed by atoms with Crippen LogP contribution in [0.25, 0.3) is 0 Å². The summed E-state index contributed by atoms with van der Waals surface area (Å²) in [7, 11) is 0. The molecule has 0 heterocycles. The lowest BCUT2D eigenvalue weighted by Crippen LogP contribution is -2.22. The molecule has 2 unspecified atom stereocenters. The Labute approximate surface area is 96.8 Å². The molecule has 4 nitrogen and oxygen atoms in total. The Hall–Kier alpha value is -0.940. The molecule has 0 aliphatic rings. The van der Waals surface area contributed by atoms with Gasteiger partial charge in [0.1, 0.15) is 0 Å². The molecular formula is C10H13BrN2O2. The smallest absolute Gasteiger partial charge is 0.270 e. The fourth-order valence-electron chi connectivity index (χ4n) is 1.28. The summed E-state index contributed by atoms with van der Waals surface area (Å²) in [6.45, 7) is 3.91. The van der Waals surface area contributed by atoms with E-state index >= 15 is 0 Å². The van der Waals surface area contributed by atoms with Crippen molar-refractivity contribution in [3.05, 3.63) is 38.3 Å². The van der Waals surface area contributed by atoms with E-state index in [2.05, 4.69) is 15.9 Å². The average Bonchev–Trinajstić information content (AvgIpc) is 2.16. The highest BCUT2D eigenvalue weighted by molar-refractivity contribution is 9.10. The molecule has 0 bridgehead atoms. The molecule has 5 heteroatoms. The van der Waals surface area contributed by atoms with Gasteiger partial charge in [0.2, 0.25) is 0 Å². The van der Waals surface area contributed by atoms with Gasteiger partial charge in [-0.3, -0.25) is 10.1 Å². The molecule has 0 aromatic heterocycles. The van der Waals surface area contributed by atoms with Gasteiger partial charge in [0.25, 0.3) is 5.69 Å². The van der Waals surface area contributed by atoms with Crippen molar-refractivity contribution in [1.82, 2.24) is 0 Å². The van der Waals surface area contributed by atoms with Crippen LogP contribution in [0.4, 0.5) is 5.69 Å². The molecule has 0 aliphatic heterocycles. The quantitative estimate of drug-likeness (QED) is 0.680. The van der Waals surface area contributed by atoms with Crippen LogP contribution in [0.2, 0.25) is 0 Å². The van der Waals surface area contributed by atoms with Gasteiger partial charge in [-0.25, -0.2) is 0 Å². The predicted molar refractivity (Wildman–Crippen MR) is 62.9 cm³/mol. The largest absolute Gasteiger partial charge is 0.327 e. The molecule has 1 rings (SSSR count). The van der Waals surface area contributed by atoms with E-state index in [-0.39, 0.29) is 17.6 Å². The minimum absolute atomic E-state index is 0.0164. The van der Waals surface area contributed by atoms with Crippen molar-refractivity contribution >= 4 is 21.6 Å². The lowest BCUT2D eigenvalue weighted by molar-refractivity contribution is -0.384. The van der Waals surface area contributed by atoms with E-state index in [1.54, 1.807) is 6.07 Å². The summed E-state index contributed by atoms with van der Waals surface area (Å²) in [5.41, 5.74) is 6.86. The zero-order valence-electron chi connectivity index (χ0n) is 8.61. The van der Waals surface area contributed by atoms with E-state index in [0.29, 0.717) is 0 Å². The van der Waals surface area contributed by atoms with Crippen LogP contribution in [-0.4, -0.2) is 11.0 Å². The van der Waals surface area contributed by atoms with Crippen LogP contribution in [0.3, 0.4) is 0 Å². The minimum Gasteiger partial charge on any atom is -0.327 e. The number of hydrogen-bond acceptors (Lipinski definition) is 3. The van der Waals surface area contributed by atoms with E-state index in [0.717, 1.165) is 10.0 Å².